The Morgan fingerprint density at radius 1 is 1.50 bits per heavy atom. The number of aromatic nitrogens is 2. The van der Waals surface area contributed by atoms with Crippen LogP contribution in [-0.2, 0) is 11.3 Å². The maximum absolute atomic E-state index is 12.2. The Bertz CT molecular complexity index is 578. The molecule has 2 heterocycles. The summed E-state index contributed by atoms with van der Waals surface area (Å²) in [5.74, 6) is -0.0473. The molecule has 0 aromatic carbocycles. The van der Waals surface area contributed by atoms with Crippen LogP contribution < -0.4 is 5.32 Å². The number of methoxy groups -OCH3 is 1. The van der Waals surface area contributed by atoms with E-state index in [0.717, 1.165) is 30.4 Å². The molecule has 0 atom stereocenters. The number of rotatable bonds is 7. The Labute approximate surface area is 118 Å². The number of ether oxygens (including phenoxy) is 1. The van der Waals surface area contributed by atoms with Crippen LogP contribution in [0.15, 0.2) is 24.5 Å². The fraction of sp³-hybridized carbons (Fsp3) is 0.467. The van der Waals surface area contributed by atoms with E-state index in [-0.39, 0.29) is 5.91 Å². The Balaban J connectivity index is 2.18. The minimum Gasteiger partial charge on any atom is -0.385 e. The number of nitrogens with zero attached hydrogens (tertiary/aromatic N) is 2. The molecule has 0 unspecified atom stereocenters. The summed E-state index contributed by atoms with van der Waals surface area (Å²) >= 11 is 0. The highest BCUT2D eigenvalue weighted by molar-refractivity contribution is 6.06. The van der Waals surface area contributed by atoms with Crippen LogP contribution in [0.1, 0.15) is 30.1 Å². The number of fused-ring (bicyclic) bond motifs is 1. The van der Waals surface area contributed by atoms with Crippen LogP contribution in [0, 0.1) is 0 Å². The van der Waals surface area contributed by atoms with Crippen molar-refractivity contribution in [1.82, 2.24) is 14.9 Å². The molecule has 5 nitrogen and oxygen atoms in total. The van der Waals surface area contributed by atoms with E-state index < -0.39 is 0 Å². The second kappa shape index (κ2) is 7.05. The maximum Gasteiger partial charge on any atom is 0.253 e. The first-order valence-electron chi connectivity index (χ1n) is 6.99. The molecule has 0 saturated carbocycles. The van der Waals surface area contributed by atoms with E-state index in [2.05, 4.69) is 17.2 Å². The fourth-order valence-electron chi connectivity index (χ4n) is 2.23. The molecule has 1 N–H and O–H groups in total. The van der Waals surface area contributed by atoms with Crippen LogP contribution >= 0.6 is 0 Å². The lowest BCUT2D eigenvalue weighted by molar-refractivity contribution is 0.0950. The van der Waals surface area contributed by atoms with Gasteiger partial charge in [-0.15, -0.1) is 0 Å². The third-order valence-corrected chi connectivity index (χ3v) is 3.15. The third-order valence-electron chi connectivity index (χ3n) is 3.15. The molecular formula is C15H21N3O2. The second-order valence-corrected chi connectivity index (χ2v) is 4.71. The van der Waals surface area contributed by atoms with Crippen LogP contribution in [-0.4, -0.2) is 35.7 Å². The summed E-state index contributed by atoms with van der Waals surface area (Å²) in [4.78, 5) is 16.6. The van der Waals surface area contributed by atoms with Gasteiger partial charge >= 0.3 is 0 Å². The average Bonchev–Trinajstić information content (AvgIpc) is 2.83. The number of nitrogens with one attached hydrogen (secondary N) is 1. The minimum atomic E-state index is -0.0473. The van der Waals surface area contributed by atoms with Crippen molar-refractivity contribution < 1.29 is 9.53 Å². The predicted octanol–water partition coefficient (Wildman–Crippen LogP) is 2.21. The van der Waals surface area contributed by atoms with E-state index in [9.17, 15) is 4.79 Å². The molecule has 2 aromatic heterocycles. The van der Waals surface area contributed by atoms with Gasteiger partial charge in [0.1, 0.15) is 5.65 Å². The van der Waals surface area contributed by atoms with E-state index >= 15 is 0 Å². The number of carbonyl (C=O) groups is 1. The van der Waals surface area contributed by atoms with Crippen molar-refractivity contribution in [2.45, 2.75) is 26.3 Å². The normalized spacial score (nSPS) is 10.9. The Morgan fingerprint density at radius 2 is 2.35 bits per heavy atom. The van der Waals surface area contributed by atoms with Gasteiger partial charge in [0.15, 0.2) is 0 Å². The van der Waals surface area contributed by atoms with E-state index in [1.165, 1.54) is 0 Å². The van der Waals surface area contributed by atoms with Crippen LogP contribution in [0.25, 0.3) is 11.0 Å². The quantitative estimate of drug-likeness (QED) is 0.788. The van der Waals surface area contributed by atoms with Crippen molar-refractivity contribution in [3.8, 4) is 0 Å². The van der Waals surface area contributed by atoms with Crippen LogP contribution in [0.4, 0.5) is 0 Å². The smallest absolute Gasteiger partial charge is 0.253 e. The largest absolute Gasteiger partial charge is 0.385 e. The monoisotopic (exact) mass is 275 g/mol. The molecule has 0 aliphatic heterocycles. The summed E-state index contributed by atoms with van der Waals surface area (Å²) in [7, 11) is 1.66. The maximum atomic E-state index is 12.2. The average molecular weight is 275 g/mol. The summed E-state index contributed by atoms with van der Waals surface area (Å²) in [6.07, 6.45) is 5.48. The van der Waals surface area contributed by atoms with Crippen LogP contribution in [0.5, 0.6) is 0 Å². The van der Waals surface area contributed by atoms with Crippen LogP contribution in [0.3, 0.4) is 0 Å². The zero-order valence-electron chi connectivity index (χ0n) is 12.1. The van der Waals surface area contributed by atoms with Gasteiger partial charge in [-0.25, -0.2) is 4.98 Å². The van der Waals surface area contributed by atoms with Gasteiger partial charge in [-0.2, -0.15) is 0 Å². The van der Waals surface area contributed by atoms with Gasteiger partial charge in [-0.1, -0.05) is 6.92 Å². The summed E-state index contributed by atoms with van der Waals surface area (Å²) in [6.45, 7) is 4.25. The standard InChI is InChI=1S/C15H21N3O2/c1-3-9-18-11-13(12-6-4-7-16-14(12)18)15(19)17-8-5-10-20-2/h4,6-7,11H,3,5,8-10H2,1-2H3,(H,17,19). The molecule has 0 aliphatic carbocycles. The fourth-order valence-corrected chi connectivity index (χ4v) is 2.23. The lowest BCUT2D eigenvalue weighted by Gasteiger charge is -2.03. The molecule has 2 aromatic rings. The van der Waals surface area contributed by atoms with Gasteiger partial charge in [0.05, 0.1) is 5.56 Å². The van der Waals surface area contributed by atoms with Crippen LogP contribution in [0.2, 0.25) is 0 Å². The van der Waals surface area contributed by atoms with Gasteiger partial charge in [-0.05, 0) is 25.0 Å². The molecule has 0 saturated heterocycles. The lowest BCUT2D eigenvalue weighted by Crippen LogP contribution is -2.25. The highest BCUT2D eigenvalue weighted by Gasteiger charge is 2.14. The topological polar surface area (TPSA) is 56.2 Å². The minimum absolute atomic E-state index is 0.0473. The molecular weight excluding hydrogens is 254 g/mol. The highest BCUT2D eigenvalue weighted by Crippen LogP contribution is 2.19. The molecule has 0 bridgehead atoms. The number of carbonyl (C=O) groups excluding carboxylic acids is 1. The molecule has 5 heteroatoms. The van der Waals surface area contributed by atoms with Crippen molar-refractivity contribution >= 4 is 16.9 Å². The van der Waals surface area contributed by atoms with Gasteiger partial charge in [0, 0.05) is 44.6 Å². The Morgan fingerprint density at radius 3 is 3.10 bits per heavy atom. The third kappa shape index (κ3) is 3.17. The molecule has 0 spiro atoms. The number of aryl methyl sites for hydroxylation is 1. The lowest BCUT2D eigenvalue weighted by atomic mass is 10.2. The predicted molar refractivity (Wildman–Crippen MR) is 78.9 cm³/mol. The first-order valence-corrected chi connectivity index (χ1v) is 6.99. The number of hydrogen-bond acceptors (Lipinski definition) is 3. The number of hydrogen-bond donors (Lipinski definition) is 1. The second-order valence-electron chi connectivity index (χ2n) is 4.71. The first kappa shape index (κ1) is 14.5. The van der Waals surface area contributed by atoms with E-state index in [0.29, 0.717) is 18.7 Å². The van der Waals surface area contributed by atoms with Crippen molar-refractivity contribution in [2.24, 2.45) is 0 Å². The molecule has 1 amide bonds. The summed E-state index contributed by atoms with van der Waals surface area (Å²) in [5, 5.41) is 3.83. The van der Waals surface area contributed by atoms with Gasteiger partial charge in [-0.3, -0.25) is 4.79 Å². The molecule has 0 aliphatic rings. The van der Waals surface area contributed by atoms with Gasteiger partial charge in [0.25, 0.3) is 5.91 Å². The van der Waals surface area contributed by atoms with Crippen molar-refractivity contribution in [3.63, 3.8) is 0 Å². The van der Waals surface area contributed by atoms with Crippen molar-refractivity contribution in [2.75, 3.05) is 20.3 Å². The van der Waals surface area contributed by atoms with Crippen molar-refractivity contribution in [3.05, 3.63) is 30.1 Å². The number of amides is 1. The van der Waals surface area contributed by atoms with E-state index in [4.69, 9.17) is 4.74 Å². The number of pyridine rings is 1. The molecule has 0 radical (unpaired) electrons. The highest BCUT2D eigenvalue weighted by atomic mass is 16.5. The Hall–Kier alpha value is -1.88. The van der Waals surface area contributed by atoms with E-state index in [1.54, 1.807) is 13.3 Å². The van der Waals surface area contributed by atoms with Gasteiger partial charge < -0.3 is 14.6 Å². The molecule has 0 fully saturated rings. The first-order chi connectivity index (χ1) is 9.77. The zero-order valence-corrected chi connectivity index (χ0v) is 12.1. The molecule has 108 valence electrons. The summed E-state index contributed by atoms with van der Waals surface area (Å²) < 4.78 is 7.01. The Kier molecular flexibility index (Phi) is 5.12. The summed E-state index contributed by atoms with van der Waals surface area (Å²) in [6, 6.07) is 3.80. The molecule has 20 heavy (non-hydrogen) atoms. The van der Waals surface area contributed by atoms with E-state index in [1.807, 2.05) is 22.9 Å². The zero-order chi connectivity index (χ0) is 14.4. The SMILES string of the molecule is CCCn1cc(C(=O)NCCCOC)c2cccnc21. The van der Waals surface area contributed by atoms with Gasteiger partial charge in [0.2, 0.25) is 0 Å². The summed E-state index contributed by atoms with van der Waals surface area (Å²) in [5.41, 5.74) is 1.57. The molecule has 2 rings (SSSR count). The van der Waals surface area contributed by atoms with Crippen molar-refractivity contribution in [1.29, 1.82) is 0 Å².